The average molecular weight is 631 g/mol. The van der Waals surface area contributed by atoms with E-state index in [1.165, 1.54) is 74.1 Å². The van der Waals surface area contributed by atoms with Crippen LogP contribution < -0.4 is 9.47 Å². The third-order valence-electron chi connectivity index (χ3n) is 8.02. The molecular weight excluding hydrogens is 609 g/mol. The number of fused-ring (bicyclic) bond motifs is 7. The van der Waals surface area contributed by atoms with E-state index >= 15 is 0 Å². The summed E-state index contributed by atoms with van der Waals surface area (Å²) in [6, 6.07) is 7.25. The second-order valence-electron chi connectivity index (χ2n) is 10.1. The summed E-state index contributed by atoms with van der Waals surface area (Å²) < 4.78 is 22.7. The number of aromatic hydroxyl groups is 1. The van der Waals surface area contributed by atoms with Gasteiger partial charge in [0.1, 0.15) is 24.4 Å². The number of hydrogen-bond acceptors (Lipinski definition) is 13. The molecule has 0 aliphatic carbocycles. The van der Waals surface area contributed by atoms with E-state index in [0.717, 1.165) is 36.3 Å². The van der Waals surface area contributed by atoms with Gasteiger partial charge in [-0.1, -0.05) is 6.07 Å². The Bertz CT molecular complexity index is 1620. The Morgan fingerprint density at radius 3 is 2.55 bits per heavy atom. The molecule has 2 spiro atoms. The summed E-state index contributed by atoms with van der Waals surface area (Å²) in [4.78, 5) is 41.1. The van der Waals surface area contributed by atoms with Crippen molar-refractivity contribution in [2.24, 2.45) is 0 Å². The van der Waals surface area contributed by atoms with Gasteiger partial charge in [-0.3, -0.25) is 9.59 Å². The molecule has 4 saturated heterocycles. The molecule has 8 rings (SSSR count). The summed E-state index contributed by atoms with van der Waals surface area (Å²) in [5.41, 5.74) is 0.384. The van der Waals surface area contributed by atoms with Gasteiger partial charge >= 0.3 is 5.97 Å². The van der Waals surface area contributed by atoms with E-state index in [1.54, 1.807) is 0 Å². The molecular formula is C27H22N2O10S3. The van der Waals surface area contributed by atoms with Crippen LogP contribution in [0.2, 0.25) is 0 Å². The number of carbonyl (C=O) groups excluding carboxylic acids is 3. The smallest absolute Gasteiger partial charge is 0.338 e. The van der Waals surface area contributed by atoms with Gasteiger partial charge in [-0.25, -0.2) is 4.79 Å². The molecule has 4 fully saturated rings. The quantitative estimate of drug-likeness (QED) is 0.313. The fraction of sp³-hybridized carbons (Fsp3) is 0.296. The number of amides is 2. The molecule has 2 aromatic carbocycles. The van der Waals surface area contributed by atoms with Crippen LogP contribution in [0.3, 0.4) is 0 Å². The third kappa shape index (κ3) is 3.45. The van der Waals surface area contributed by atoms with E-state index in [-0.39, 0.29) is 39.7 Å². The first kappa shape index (κ1) is 27.3. The lowest BCUT2D eigenvalue weighted by Gasteiger charge is -2.52. The fourth-order valence-corrected chi connectivity index (χ4v) is 11.9. The second-order valence-corrected chi connectivity index (χ2v) is 14.4. The van der Waals surface area contributed by atoms with E-state index in [9.17, 15) is 29.7 Å². The Morgan fingerprint density at radius 1 is 0.976 bits per heavy atom. The van der Waals surface area contributed by atoms with E-state index in [2.05, 4.69) is 0 Å². The molecule has 6 aliphatic rings. The number of rotatable bonds is 1. The van der Waals surface area contributed by atoms with Crippen molar-refractivity contribution < 1.29 is 48.7 Å². The first-order chi connectivity index (χ1) is 20.1. The molecule has 2 amide bonds. The summed E-state index contributed by atoms with van der Waals surface area (Å²) in [6.45, 7) is 0. The summed E-state index contributed by atoms with van der Waals surface area (Å²) in [6.07, 6.45) is -0.395. The highest BCUT2D eigenvalue weighted by Gasteiger charge is 2.76. The number of methoxy groups -OCH3 is 1. The molecule has 0 radical (unpaired) electrons. The number of hydrogen-bond donors (Lipinski definition) is 3. The van der Waals surface area contributed by atoms with Gasteiger partial charge in [0.2, 0.25) is 9.74 Å². The SMILES string of the molecule is COc1ccc2cc1Oc1cc(ccc1O)C(O)C13SSSC4(C(=O)N1C)C(O)C1=COC=CC(OC2=O)C1N4C3=O. The maximum atomic E-state index is 14.7. The number of phenols is 1. The largest absolute Gasteiger partial charge is 0.504 e. The lowest BCUT2D eigenvalue weighted by molar-refractivity contribution is -0.174. The molecule has 15 heteroatoms. The number of phenolic OH excluding ortho intramolecular Hbond substituents is 1. The van der Waals surface area contributed by atoms with E-state index in [0.29, 0.717) is 0 Å². The van der Waals surface area contributed by atoms with Crippen LogP contribution in [0.1, 0.15) is 22.0 Å². The topological polar surface area (TPSA) is 155 Å². The zero-order chi connectivity index (χ0) is 29.6. The van der Waals surface area contributed by atoms with Crippen molar-refractivity contribution in [2.45, 2.75) is 34.1 Å². The predicted octanol–water partition coefficient (Wildman–Crippen LogP) is 2.67. The van der Waals surface area contributed by atoms with Crippen LogP contribution in [0.15, 0.2) is 60.6 Å². The maximum Gasteiger partial charge on any atom is 0.338 e. The summed E-state index contributed by atoms with van der Waals surface area (Å²) in [5.74, 6) is -2.18. The standard InChI is InChI=1S/C27H22N2O10S3/c1-28-24(34)27-22(32)14-11-37-8-7-17-20(14)29(27)25(35)26(28,40-42-41-27)21(31)12-3-5-15(30)18(9-12)38-19-10-13(23(33)39-17)4-6-16(19)36-2/h3-11,17,20-22,30-32H,1-2H3. The van der Waals surface area contributed by atoms with Crippen molar-refractivity contribution in [2.75, 3.05) is 14.2 Å². The van der Waals surface area contributed by atoms with Crippen molar-refractivity contribution in [3.63, 3.8) is 0 Å². The first-order valence-corrected chi connectivity index (χ1v) is 16.1. The second kappa shape index (κ2) is 9.50. The molecule has 3 N–H and O–H groups in total. The van der Waals surface area contributed by atoms with Crippen LogP contribution >= 0.6 is 31.4 Å². The number of piperazine rings is 1. The van der Waals surface area contributed by atoms with Crippen LogP contribution in [-0.2, 0) is 19.1 Å². The third-order valence-corrected chi connectivity index (χ3v) is 13.1. The molecule has 6 aliphatic heterocycles. The van der Waals surface area contributed by atoms with Gasteiger partial charge in [0.25, 0.3) is 11.8 Å². The molecule has 218 valence electrons. The number of ether oxygens (including phenoxy) is 4. The number of aliphatic hydroxyl groups is 2. The number of benzene rings is 2. The lowest BCUT2D eigenvalue weighted by Crippen LogP contribution is -2.75. The van der Waals surface area contributed by atoms with Crippen LogP contribution in [0.25, 0.3) is 0 Å². The number of aliphatic hydroxyl groups excluding tert-OH is 2. The minimum atomic E-state index is -1.92. The van der Waals surface area contributed by atoms with Crippen LogP contribution in [0.5, 0.6) is 23.0 Å². The summed E-state index contributed by atoms with van der Waals surface area (Å²) >= 11 is 0. The fourth-order valence-electron chi connectivity index (χ4n) is 5.88. The van der Waals surface area contributed by atoms with Crippen LogP contribution in [0.4, 0.5) is 0 Å². The minimum Gasteiger partial charge on any atom is -0.504 e. The number of likely N-dealkylation sites (N-methyl/N-ethyl adjacent to an activating group) is 1. The van der Waals surface area contributed by atoms with E-state index in [4.69, 9.17) is 18.9 Å². The van der Waals surface area contributed by atoms with E-state index in [1.807, 2.05) is 0 Å². The highest BCUT2D eigenvalue weighted by molar-refractivity contribution is 9.10. The Labute approximate surface area is 250 Å². The molecule has 0 saturated carbocycles. The summed E-state index contributed by atoms with van der Waals surface area (Å²) in [7, 11) is 5.84. The van der Waals surface area contributed by atoms with Gasteiger partial charge in [-0.15, -0.1) is 0 Å². The maximum absolute atomic E-state index is 14.7. The van der Waals surface area contributed by atoms with E-state index < -0.39 is 51.9 Å². The molecule has 7 bridgehead atoms. The van der Waals surface area contributed by atoms with Crippen molar-refractivity contribution >= 4 is 49.2 Å². The molecule has 42 heavy (non-hydrogen) atoms. The molecule has 2 aromatic rings. The Balaban J connectivity index is 1.50. The van der Waals surface area contributed by atoms with Gasteiger partial charge in [0.05, 0.1) is 25.2 Å². The number of nitrogens with zero attached hydrogens (tertiary/aromatic N) is 2. The van der Waals surface area contributed by atoms with Crippen molar-refractivity contribution in [1.82, 2.24) is 9.80 Å². The van der Waals surface area contributed by atoms with Gasteiger partial charge in [0, 0.05) is 12.6 Å². The van der Waals surface area contributed by atoms with Crippen LogP contribution in [-0.4, -0.2) is 85.1 Å². The monoisotopic (exact) mass is 630 g/mol. The predicted molar refractivity (Wildman–Crippen MR) is 151 cm³/mol. The average Bonchev–Trinajstić information content (AvgIpc) is 3.15. The zero-order valence-electron chi connectivity index (χ0n) is 21.8. The Kier molecular flexibility index (Phi) is 6.19. The molecule has 6 unspecified atom stereocenters. The Morgan fingerprint density at radius 2 is 1.76 bits per heavy atom. The van der Waals surface area contributed by atoms with Crippen molar-refractivity contribution in [3.05, 3.63) is 71.7 Å². The Hall–Kier alpha value is -3.50. The molecule has 12 nitrogen and oxygen atoms in total. The highest BCUT2D eigenvalue weighted by atomic mass is 33.5. The minimum absolute atomic E-state index is 0.0604. The van der Waals surface area contributed by atoms with Gasteiger partial charge in [-0.05, 0) is 73.4 Å². The van der Waals surface area contributed by atoms with Crippen LogP contribution in [0, 0.1) is 0 Å². The van der Waals surface area contributed by atoms with Gasteiger partial charge < -0.3 is 44.1 Å². The van der Waals surface area contributed by atoms with Crippen molar-refractivity contribution in [3.8, 4) is 23.0 Å². The van der Waals surface area contributed by atoms with Gasteiger partial charge in [0.15, 0.2) is 23.0 Å². The molecule has 6 atom stereocenters. The molecule has 6 heterocycles. The number of esters is 1. The molecule has 0 aromatic heterocycles. The lowest BCUT2D eigenvalue weighted by atomic mass is 9.93. The number of carbonyl (C=O) groups is 3. The van der Waals surface area contributed by atoms with Gasteiger partial charge in [-0.2, -0.15) is 0 Å². The van der Waals surface area contributed by atoms with Crippen molar-refractivity contribution in [1.29, 1.82) is 0 Å². The normalized spacial score (nSPS) is 33.0. The zero-order valence-corrected chi connectivity index (χ0v) is 24.3. The summed E-state index contributed by atoms with van der Waals surface area (Å²) in [5, 5.41) is 34.3. The highest BCUT2D eigenvalue weighted by Crippen LogP contribution is 2.67. The first-order valence-electron chi connectivity index (χ1n) is 12.6.